The molecule has 0 aliphatic carbocycles. The van der Waals surface area contributed by atoms with Gasteiger partial charge in [-0.25, -0.2) is 13.1 Å². The molecular formula is C12H17F3N2O2S. The molecule has 0 aliphatic rings. The van der Waals surface area contributed by atoms with Crippen molar-refractivity contribution in [3.8, 4) is 0 Å². The van der Waals surface area contributed by atoms with Crippen molar-refractivity contribution in [3.63, 3.8) is 0 Å². The Morgan fingerprint density at radius 3 is 2.15 bits per heavy atom. The molecule has 2 N–H and O–H groups in total. The molecule has 0 aromatic heterocycles. The molecule has 0 amide bonds. The molecule has 0 spiro atoms. The molecule has 1 aromatic carbocycles. The summed E-state index contributed by atoms with van der Waals surface area (Å²) in [4.78, 5) is 0. The molecule has 1 aromatic rings. The van der Waals surface area contributed by atoms with Crippen LogP contribution >= 0.6 is 0 Å². The summed E-state index contributed by atoms with van der Waals surface area (Å²) < 4.78 is 61.2. The Hall–Kier alpha value is -1.12. The second-order valence-corrected chi connectivity index (χ2v) is 6.30. The van der Waals surface area contributed by atoms with Gasteiger partial charge in [0.2, 0.25) is 10.0 Å². The topological polar surface area (TPSA) is 58.2 Å². The lowest BCUT2D eigenvalue weighted by Crippen LogP contribution is -2.32. The molecule has 0 radical (unpaired) electrons. The fourth-order valence-corrected chi connectivity index (χ4v) is 2.08. The molecule has 20 heavy (non-hydrogen) atoms. The van der Waals surface area contributed by atoms with E-state index in [1.165, 1.54) is 12.1 Å². The van der Waals surface area contributed by atoms with Crippen LogP contribution in [0.25, 0.3) is 0 Å². The summed E-state index contributed by atoms with van der Waals surface area (Å²) in [5.41, 5.74) is 0.0181. The predicted molar refractivity (Wildman–Crippen MR) is 70.7 cm³/mol. The lowest BCUT2D eigenvalue weighted by atomic mass is 10.1. The van der Waals surface area contributed by atoms with Crippen molar-refractivity contribution in [1.82, 2.24) is 10.0 Å². The highest BCUT2D eigenvalue weighted by molar-refractivity contribution is 7.88. The van der Waals surface area contributed by atoms with Crippen molar-refractivity contribution in [3.05, 3.63) is 35.4 Å². The zero-order valence-electron chi connectivity index (χ0n) is 11.2. The van der Waals surface area contributed by atoms with Gasteiger partial charge in [0.25, 0.3) is 0 Å². The van der Waals surface area contributed by atoms with Crippen molar-refractivity contribution >= 4 is 10.0 Å². The standard InChI is InChI=1S/C12H17F3N2O2S/c1-9(16-7-8-17-20(2,18)19)10-3-5-11(6-4-10)12(13,14)15/h3-6,9,16-17H,7-8H2,1-2H3. The Morgan fingerprint density at radius 2 is 1.70 bits per heavy atom. The maximum Gasteiger partial charge on any atom is 0.416 e. The number of sulfonamides is 1. The highest BCUT2D eigenvalue weighted by Gasteiger charge is 2.30. The Morgan fingerprint density at radius 1 is 1.15 bits per heavy atom. The Bertz CT molecular complexity index is 527. The second kappa shape index (κ2) is 6.55. The van der Waals surface area contributed by atoms with Crippen LogP contribution in [0.4, 0.5) is 13.2 Å². The quantitative estimate of drug-likeness (QED) is 0.789. The third-order valence-corrected chi connectivity index (χ3v) is 3.41. The molecular weight excluding hydrogens is 293 g/mol. The number of rotatable bonds is 6. The summed E-state index contributed by atoms with van der Waals surface area (Å²) in [5.74, 6) is 0. The minimum Gasteiger partial charge on any atom is -0.309 e. The second-order valence-electron chi connectivity index (χ2n) is 4.46. The molecule has 0 saturated carbocycles. The van der Waals surface area contributed by atoms with Crippen molar-refractivity contribution in [2.75, 3.05) is 19.3 Å². The van der Waals surface area contributed by atoms with Crippen LogP contribution in [0.2, 0.25) is 0 Å². The van der Waals surface area contributed by atoms with Gasteiger partial charge in [0, 0.05) is 19.1 Å². The average molecular weight is 310 g/mol. The van der Waals surface area contributed by atoms with Gasteiger partial charge in [-0.2, -0.15) is 13.2 Å². The van der Waals surface area contributed by atoms with Gasteiger partial charge in [-0.1, -0.05) is 12.1 Å². The van der Waals surface area contributed by atoms with Gasteiger partial charge in [-0.15, -0.1) is 0 Å². The van der Waals surface area contributed by atoms with Crippen molar-refractivity contribution in [1.29, 1.82) is 0 Å². The number of benzene rings is 1. The van der Waals surface area contributed by atoms with E-state index in [0.29, 0.717) is 12.1 Å². The molecule has 8 heteroatoms. The molecule has 0 bridgehead atoms. The summed E-state index contributed by atoms with van der Waals surface area (Å²) >= 11 is 0. The van der Waals surface area contributed by atoms with E-state index in [-0.39, 0.29) is 12.6 Å². The van der Waals surface area contributed by atoms with E-state index in [4.69, 9.17) is 0 Å². The van der Waals surface area contributed by atoms with Gasteiger partial charge < -0.3 is 5.32 Å². The molecule has 114 valence electrons. The lowest BCUT2D eigenvalue weighted by molar-refractivity contribution is -0.137. The van der Waals surface area contributed by atoms with E-state index in [1.807, 2.05) is 0 Å². The first kappa shape index (κ1) is 16.9. The molecule has 0 heterocycles. The van der Waals surface area contributed by atoms with E-state index in [9.17, 15) is 21.6 Å². The zero-order valence-corrected chi connectivity index (χ0v) is 12.0. The summed E-state index contributed by atoms with van der Waals surface area (Å²) in [5, 5.41) is 3.02. The highest BCUT2D eigenvalue weighted by Crippen LogP contribution is 2.29. The van der Waals surface area contributed by atoms with Crippen molar-refractivity contribution < 1.29 is 21.6 Å². The van der Waals surface area contributed by atoms with Gasteiger partial charge >= 0.3 is 6.18 Å². The zero-order chi connectivity index (χ0) is 15.4. The maximum atomic E-state index is 12.4. The van der Waals surface area contributed by atoms with Crippen LogP contribution in [0.3, 0.4) is 0 Å². The minimum absolute atomic E-state index is 0.168. The number of halogens is 3. The van der Waals surface area contributed by atoms with E-state index < -0.39 is 21.8 Å². The van der Waals surface area contributed by atoms with Crippen LogP contribution in [0.1, 0.15) is 24.1 Å². The van der Waals surface area contributed by atoms with Gasteiger partial charge in [0.05, 0.1) is 11.8 Å². The molecule has 1 atom stereocenters. The first-order valence-electron chi connectivity index (χ1n) is 5.95. The van der Waals surface area contributed by atoms with Crippen LogP contribution in [-0.4, -0.2) is 27.8 Å². The highest BCUT2D eigenvalue weighted by atomic mass is 32.2. The Kier molecular flexibility index (Phi) is 5.55. The SMILES string of the molecule is CC(NCCNS(C)(=O)=O)c1ccc(C(F)(F)F)cc1. The smallest absolute Gasteiger partial charge is 0.309 e. The molecule has 4 nitrogen and oxygen atoms in total. The monoisotopic (exact) mass is 310 g/mol. The van der Waals surface area contributed by atoms with Crippen LogP contribution in [0.5, 0.6) is 0 Å². The van der Waals surface area contributed by atoms with Crippen molar-refractivity contribution in [2.45, 2.75) is 19.1 Å². The lowest BCUT2D eigenvalue weighted by Gasteiger charge is -2.15. The fourth-order valence-electron chi connectivity index (χ4n) is 1.60. The van der Waals surface area contributed by atoms with Gasteiger partial charge in [-0.05, 0) is 24.6 Å². The van der Waals surface area contributed by atoms with E-state index in [2.05, 4.69) is 10.0 Å². The minimum atomic E-state index is -4.34. The van der Waals surface area contributed by atoms with Crippen LogP contribution < -0.4 is 10.0 Å². The van der Waals surface area contributed by atoms with Gasteiger partial charge in [0.15, 0.2) is 0 Å². The summed E-state index contributed by atoms with van der Waals surface area (Å²) in [7, 11) is -3.22. The number of nitrogens with one attached hydrogen (secondary N) is 2. The number of hydrogen-bond acceptors (Lipinski definition) is 3. The number of alkyl halides is 3. The normalized spacial score (nSPS) is 14.2. The third kappa shape index (κ3) is 5.89. The summed E-state index contributed by atoms with van der Waals surface area (Å²) in [6.45, 7) is 2.40. The molecule has 0 fully saturated rings. The molecule has 0 saturated heterocycles. The van der Waals surface area contributed by atoms with Gasteiger partial charge in [-0.3, -0.25) is 0 Å². The molecule has 0 aliphatic heterocycles. The first-order chi connectivity index (χ1) is 9.09. The van der Waals surface area contributed by atoms with E-state index >= 15 is 0 Å². The Balaban J connectivity index is 2.50. The van der Waals surface area contributed by atoms with E-state index in [0.717, 1.165) is 18.4 Å². The molecule has 1 unspecified atom stereocenters. The van der Waals surface area contributed by atoms with Gasteiger partial charge in [0.1, 0.15) is 0 Å². The fraction of sp³-hybridized carbons (Fsp3) is 0.500. The first-order valence-corrected chi connectivity index (χ1v) is 7.84. The summed E-state index contributed by atoms with van der Waals surface area (Å²) in [6, 6.07) is 4.71. The maximum absolute atomic E-state index is 12.4. The van der Waals surface area contributed by atoms with Crippen LogP contribution in [0, 0.1) is 0 Å². The summed E-state index contributed by atoms with van der Waals surface area (Å²) in [6.07, 6.45) is -3.28. The third-order valence-electron chi connectivity index (χ3n) is 2.68. The van der Waals surface area contributed by atoms with Crippen LogP contribution in [-0.2, 0) is 16.2 Å². The van der Waals surface area contributed by atoms with Crippen LogP contribution in [0.15, 0.2) is 24.3 Å². The number of hydrogen-bond donors (Lipinski definition) is 2. The predicted octanol–water partition coefficient (Wildman–Crippen LogP) is 1.91. The van der Waals surface area contributed by atoms with E-state index in [1.54, 1.807) is 6.92 Å². The molecule has 1 rings (SSSR count). The average Bonchev–Trinajstić information content (AvgIpc) is 2.32. The largest absolute Gasteiger partial charge is 0.416 e. The van der Waals surface area contributed by atoms with Crippen molar-refractivity contribution in [2.24, 2.45) is 0 Å². The Labute approximate surface area is 116 Å².